The zero-order valence-electron chi connectivity index (χ0n) is 18.6. The van der Waals surface area contributed by atoms with Gasteiger partial charge in [0.25, 0.3) is 5.91 Å². The molecule has 1 spiro atoms. The number of aromatic amines is 1. The topological polar surface area (TPSA) is 104 Å². The predicted molar refractivity (Wildman–Crippen MR) is 122 cm³/mol. The van der Waals surface area contributed by atoms with Crippen molar-refractivity contribution in [3.8, 4) is 18.1 Å². The number of nitrogens with zero attached hydrogens (tertiary/aromatic N) is 1. The average Bonchev–Trinajstić information content (AvgIpc) is 3.13. The molecule has 3 amide bonds. The number of hydrogen-bond acceptors (Lipinski definition) is 4. The number of rotatable bonds is 6. The van der Waals surface area contributed by atoms with Crippen molar-refractivity contribution in [2.45, 2.75) is 44.2 Å². The lowest BCUT2D eigenvalue weighted by atomic mass is 9.98. The summed E-state index contributed by atoms with van der Waals surface area (Å²) in [6.07, 6.45) is 9.46. The summed E-state index contributed by atoms with van der Waals surface area (Å²) in [5, 5.41) is 6.55. The first-order valence-electron chi connectivity index (χ1n) is 11.4. The van der Waals surface area contributed by atoms with Gasteiger partial charge in [0.15, 0.2) is 0 Å². The van der Waals surface area contributed by atoms with Crippen LogP contribution in [0.2, 0.25) is 0 Å². The zero-order valence-corrected chi connectivity index (χ0v) is 18.6. The van der Waals surface area contributed by atoms with Crippen LogP contribution >= 0.6 is 0 Å². The zero-order chi connectivity index (χ0) is 23.2. The van der Waals surface area contributed by atoms with Crippen molar-refractivity contribution in [1.82, 2.24) is 20.5 Å². The van der Waals surface area contributed by atoms with E-state index < -0.39 is 12.1 Å². The number of methoxy groups -OCH3 is 1. The lowest BCUT2D eigenvalue weighted by Crippen LogP contribution is -2.49. The Kier molecular flexibility index (Phi) is 5.28. The van der Waals surface area contributed by atoms with E-state index in [0.717, 1.165) is 23.7 Å². The summed E-state index contributed by atoms with van der Waals surface area (Å²) in [6, 6.07) is 6.26. The van der Waals surface area contributed by atoms with Gasteiger partial charge in [0.05, 0.1) is 13.2 Å². The highest BCUT2D eigenvalue weighted by Crippen LogP contribution is 2.55. The van der Waals surface area contributed by atoms with Gasteiger partial charge < -0.3 is 25.3 Å². The molecular weight excluding hydrogens is 420 g/mol. The molecule has 2 aliphatic heterocycles. The van der Waals surface area contributed by atoms with E-state index in [1.807, 2.05) is 18.2 Å². The van der Waals surface area contributed by atoms with Crippen molar-refractivity contribution >= 4 is 28.6 Å². The molecule has 33 heavy (non-hydrogen) atoms. The Hall–Kier alpha value is -3.47. The van der Waals surface area contributed by atoms with E-state index in [9.17, 15) is 14.4 Å². The molecule has 3 N–H and O–H groups in total. The predicted octanol–water partition coefficient (Wildman–Crippen LogP) is 1.82. The molecule has 1 aromatic heterocycles. The number of hydrogen-bond donors (Lipinski definition) is 3. The molecule has 172 valence electrons. The second kappa shape index (κ2) is 8.14. The van der Waals surface area contributed by atoms with Crippen LogP contribution in [0, 0.1) is 23.7 Å². The van der Waals surface area contributed by atoms with E-state index in [4.69, 9.17) is 11.2 Å². The van der Waals surface area contributed by atoms with E-state index in [2.05, 4.69) is 21.5 Å². The van der Waals surface area contributed by atoms with Gasteiger partial charge in [0, 0.05) is 29.9 Å². The number of carbonyl (C=O) groups is 3. The van der Waals surface area contributed by atoms with Gasteiger partial charge >= 0.3 is 0 Å². The van der Waals surface area contributed by atoms with Crippen LogP contribution in [-0.4, -0.2) is 59.9 Å². The number of fused-ring (bicyclic) bond motifs is 1. The molecule has 8 nitrogen and oxygen atoms in total. The fourth-order valence-corrected chi connectivity index (χ4v) is 5.21. The Labute approximate surface area is 192 Å². The van der Waals surface area contributed by atoms with Crippen LogP contribution in [0.3, 0.4) is 0 Å². The minimum absolute atomic E-state index is 0.0201. The first-order valence-corrected chi connectivity index (χ1v) is 11.4. The molecule has 2 aromatic rings. The Morgan fingerprint density at radius 1 is 1.39 bits per heavy atom. The molecule has 3 fully saturated rings. The Morgan fingerprint density at radius 3 is 2.88 bits per heavy atom. The molecule has 2 saturated heterocycles. The number of aromatic nitrogens is 1. The lowest BCUT2D eigenvalue weighted by molar-refractivity contribution is -0.126. The molecule has 0 radical (unpaired) electrons. The maximum Gasteiger partial charge on any atom is 0.271 e. The van der Waals surface area contributed by atoms with Crippen molar-refractivity contribution in [3.05, 3.63) is 30.0 Å². The smallest absolute Gasteiger partial charge is 0.271 e. The third-order valence-electron chi connectivity index (χ3n) is 7.30. The van der Waals surface area contributed by atoms with E-state index in [-0.39, 0.29) is 29.1 Å². The number of likely N-dealkylation sites (tertiary alicyclic amines) is 1. The second-order valence-corrected chi connectivity index (χ2v) is 9.50. The van der Waals surface area contributed by atoms with Crippen molar-refractivity contribution < 1.29 is 19.1 Å². The normalized spacial score (nSPS) is 23.9. The Balaban J connectivity index is 1.34. The van der Waals surface area contributed by atoms with Crippen LogP contribution in [0.25, 0.3) is 10.9 Å². The summed E-state index contributed by atoms with van der Waals surface area (Å²) in [5.41, 5.74) is 1.26. The van der Waals surface area contributed by atoms with E-state index >= 15 is 0 Å². The SMILES string of the molecule is C#CC(CC1CCNC1=O)NC(=O)C1CC2(CC2)CN1C(=O)c1cc2c(OC)cccc2[nH]1. The van der Waals surface area contributed by atoms with Gasteiger partial charge in [-0.3, -0.25) is 14.4 Å². The largest absolute Gasteiger partial charge is 0.496 e. The summed E-state index contributed by atoms with van der Waals surface area (Å²) in [5.74, 6) is 2.63. The molecule has 3 heterocycles. The number of carbonyl (C=O) groups excluding carboxylic acids is 3. The first-order chi connectivity index (χ1) is 15.9. The number of ether oxygens (including phenoxy) is 1. The molecule has 0 bridgehead atoms. The van der Waals surface area contributed by atoms with Crippen LogP contribution < -0.4 is 15.4 Å². The van der Waals surface area contributed by atoms with Gasteiger partial charge in [0.2, 0.25) is 11.8 Å². The minimum atomic E-state index is -0.582. The van der Waals surface area contributed by atoms with Crippen LogP contribution in [-0.2, 0) is 9.59 Å². The Morgan fingerprint density at radius 2 is 2.21 bits per heavy atom. The van der Waals surface area contributed by atoms with E-state index in [1.165, 1.54) is 0 Å². The van der Waals surface area contributed by atoms with E-state index in [0.29, 0.717) is 43.8 Å². The van der Waals surface area contributed by atoms with Crippen molar-refractivity contribution in [3.63, 3.8) is 0 Å². The molecule has 3 unspecified atom stereocenters. The molecule has 3 aliphatic rings. The van der Waals surface area contributed by atoms with Crippen molar-refractivity contribution in [1.29, 1.82) is 0 Å². The standard InChI is InChI=1S/C25H28N4O4/c1-3-16(11-15-7-10-26-22(15)30)27-23(31)20-13-25(8-9-25)14-29(20)24(32)19-12-17-18(28-19)5-4-6-21(17)33-2/h1,4-6,12,15-16,20,28H,7-11,13-14H2,2H3,(H,26,30)(H,27,31). The molecule has 3 atom stereocenters. The quantitative estimate of drug-likeness (QED) is 0.587. The lowest BCUT2D eigenvalue weighted by Gasteiger charge is -2.25. The van der Waals surface area contributed by atoms with Gasteiger partial charge in [-0.1, -0.05) is 12.0 Å². The van der Waals surface area contributed by atoms with Crippen molar-refractivity contribution in [2.75, 3.05) is 20.2 Å². The highest BCUT2D eigenvalue weighted by atomic mass is 16.5. The summed E-state index contributed by atoms with van der Waals surface area (Å²) in [7, 11) is 1.60. The highest BCUT2D eigenvalue weighted by molar-refractivity contribution is 6.02. The van der Waals surface area contributed by atoms with Gasteiger partial charge in [-0.2, -0.15) is 0 Å². The minimum Gasteiger partial charge on any atom is -0.496 e. The summed E-state index contributed by atoms with van der Waals surface area (Å²) in [6.45, 7) is 1.19. The molecule has 1 aromatic carbocycles. The third-order valence-corrected chi connectivity index (χ3v) is 7.30. The van der Waals surface area contributed by atoms with Crippen molar-refractivity contribution in [2.24, 2.45) is 11.3 Å². The monoisotopic (exact) mass is 448 g/mol. The van der Waals surface area contributed by atoms with Crippen LogP contribution in [0.15, 0.2) is 24.3 Å². The molecule has 5 rings (SSSR count). The van der Waals surface area contributed by atoms with Crippen LogP contribution in [0.4, 0.5) is 0 Å². The number of H-pyrrole nitrogens is 1. The molecule has 1 aliphatic carbocycles. The maximum atomic E-state index is 13.5. The average molecular weight is 449 g/mol. The van der Waals surface area contributed by atoms with Crippen LogP contribution in [0.5, 0.6) is 5.75 Å². The molecule has 1 saturated carbocycles. The number of nitrogens with one attached hydrogen (secondary N) is 3. The number of benzene rings is 1. The summed E-state index contributed by atoms with van der Waals surface area (Å²) < 4.78 is 5.41. The molecule has 8 heteroatoms. The van der Waals surface area contributed by atoms with Gasteiger partial charge in [-0.05, 0) is 55.7 Å². The number of amides is 3. The number of terminal acetylenes is 1. The van der Waals surface area contributed by atoms with Crippen LogP contribution in [0.1, 0.15) is 42.6 Å². The summed E-state index contributed by atoms with van der Waals surface area (Å²) in [4.78, 5) is 43.6. The van der Waals surface area contributed by atoms with Gasteiger partial charge in [-0.25, -0.2) is 0 Å². The van der Waals surface area contributed by atoms with Gasteiger partial charge in [-0.15, -0.1) is 6.42 Å². The Bertz CT molecular complexity index is 1160. The highest BCUT2D eigenvalue weighted by Gasteiger charge is 2.55. The first kappa shape index (κ1) is 21.4. The second-order valence-electron chi connectivity index (χ2n) is 9.50. The summed E-state index contributed by atoms with van der Waals surface area (Å²) >= 11 is 0. The molecular formula is C25H28N4O4. The maximum absolute atomic E-state index is 13.5. The fraction of sp³-hybridized carbons (Fsp3) is 0.480. The van der Waals surface area contributed by atoms with E-state index in [1.54, 1.807) is 18.1 Å². The fourth-order valence-electron chi connectivity index (χ4n) is 5.21. The third kappa shape index (κ3) is 3.92. The van der Waals surface area contributed by atoms with Gasteiger partial charge in [0.1, 0.15) is 17.5 Å².